The van der Waals surface area contributed by atoms with E-state index in [9.17, 15) is 9.90 Å². The third-order valence-corrected chi connectivity index (χ3v) is 2.96. The zero-order valence-electron chi connectivity index (χ0n) is 8.33. The molecule has 1 aliphatic rings. The van der Waals surface area contributed by atoms with E-state index in [-0.39, 0.29) is 22.6 Å². The number of hydrogen-bond acceptors (Lipinski definition) is 2. The Balaban J connectivity index is 2.04. The van der Waals surface area contributed by atoms with E-state index in [4.69, 9.17) is 11.6 Å². The lowest BCUT2D eigenvalue weighted by Gasteiger charge is -2.05. The van der Waals surface area contributed by atoms with Crippen LogP contribution in [0.25, 0.3) is 0 Å². The number of halogens is 1. The monoisotopic (exact) mass is 225 g/mol. The molecule has 0 heterocycles. The number of carbonyl (C=O) groups is 1. The number of anilines is 1. The highest BCUT2D eigenvalue weighted by atomic mass is 35.5. The molecule has 0 bridgehead atoms. The Kier molecular flexibility index (Phi) is 2.57. The van der Waals surface area contributed by atoms with E-state index in [1.165, 1.54) is 6.07 Å². The lowest BCUT2D eigenvalue weighted by atomic mass is 10.2. The fourth-order valence-corrected chi connectivity index (χ4v) is 1.69. The molecule has 0 aromatic heterocycles. The molecule has 1 aromatic carbocycles. The minimum atomic E-state index is 0.0226. The van der Waals surface area contributed by atoms with Crippen LogP contribution in [0.2, 0.25) is 5.02 Å². The van der Waals surface area contributed by atoms with Crippen molar-refractivity contribution in [2.45, 2.75) is 13.3 Å². The van der Waals surface area contributed by atoms with Crippen LogP contribution < -0.4 is 5.32 Å². The molecule has 2 N–H and O–H groups in total. The number of hydrogen-bond donors (Lipinski definition) is 2. The summed E-state index contributed by atoms with van der Waals surface area (Å²) in [5, 5.41) is 12.2. The summed E-state index contributed by atoms with van der Waals surface area (Å²) in [7, 11) is 0. The van der Waals surface area contributed by atoms with Crippen molar-refractivity contribution in [1.29, 1.82) is 0 Å². The molecule has 1 amide bonds. The minimum absolute atomic E-state index is 0.0226. The molecule has 0 radical (unpaired) electrons. The fourth-order valence-electron chi connectivity index (χ4n) is 1.51. The van der Waals surface area contributed by atoms with Crippen molar-refractivity contribution in [3.05, 3.63) is 23.2 Å². The van der Waals surface area contributed by atoms with Crippen molar-refractivity contribution in [3.63, 3.8) is 0 Å². The van der Waals surface area contributed by atoms with Crippen LogP contribution in [0.15, 0.2) is 18.2 Å². The highest BCUT2D eigenvalue weighted by Crippen LogP contribution is 2.38. The topological polar surface area (TPSA) is 49.3 Å². The predicted octanol–water partition coefficient (Wildman–Crippen LogP) is 2.64. The third kappa shape index (κ3) is 2.23. The Bertz CT molecular complexity index is 406. The van der Waals surface area contributed by atoms with Gasteiger partial charge in [0.15, 0.2) is 0 Å². The number of amides is 1. The molecular formula is C11H12ClNO2. The van der Waals surface area contributed by atoms with Gasteiger partial charge in [0.05, 0.1) is 5.02 Å². The third-order valence-electron chi connectivity index (χ3n) is 2.66. The maximum atomic E-state index is 11.6. The van der Waals surface area contributed by atoms with Crippen LogP contribution >= 0.6 is 11.6 Å². The zero-order valence-corrected chi connectivity index (χ0v) is 9.08. The van der Waals surface area contributed by atoms with Crippen molar-refractivity contribution >= 4 is 23.2 Å². The molecule has 2 rings (SSSR count). The highest BCUT2D eigenvalue weighted by Gasteiger charge is 2.39. The summed E-state index contributed by atoms with van der Waals surface area (Å²) in [6, 6.07) is 4.64. The van der Waals surface area contributed by atoms with Crippen molar-refractivity contribution in [1.82, 2.24) is 0 Å². The summed E-state index contributed by atoms with van der Waals surface area (Å²) in [6.45, 7) is 2.05. The summed E-state index contributed by atoms with van der Waals surface area (Å²) in [5.41, 5.74) is 0.627. The molecule has 2 unspecified atom stereocenters. The van der Waals surface area contributed by atoms with Gasteiger partial charge in [-0.1, -0.05) is 18.5 Å². The molecule has 0 aliphatic heterocycles. The van der Waals surface area contributed by atoms with E-state index >= 15 is 0 Å². The smallest absolute Gasteiger partial charge is 0.227 e. The first-order valence-corrected chi connectivity index (χ1v) is 5.25. The van der Waals surface area contributed by atoms with Crippen LogP contribution in [0.4, 0.5) is 5.69 Å². The van der Waals surface area contributed by atoms with Crippen molar-refractivity contribution in [3.8, 4) is 5.75 Å². The first kappa shape index (κ1) is 10.3. The Morgan fingerprint density at radius 3 is 2.80 bits per heavy atom. The molecule has 2 atom stereocenters. The molecule has 1 saturated carbocycles. The second-order valence-electron chi connectivity index (χ2n) is 3.97. The van der Waals surface area contributed by atoms with Crippen LogP contribution in [0, 0.1) is 11.8 Å². The van der Waals surface area contributed by atoms with Gasteiger partial charge >= 0.3 is 0 Å². The van der Waals surface area contributed by atoms with Crippen LogP contribution in [0.3, 0.4) is 0 Å². The minimum Gasteiger partial charge on any atom is -0.506 e. The summed E-state index contributed by atoms with van der Waals surface area (Å²) in [6.07, 6.45) is 0.956. The van der Waals surface area contributed by atoms with Crippen LogP contribution in [0.1, 0.15) is 13.3 Å². The average molecular weight is 226 g/mol. The van der Waals surface area contributed by atoms with Crippen molar-refractivity contribution < 1.29 is 9.90 Å². The number of aromatic hydroxyl groups is 1. The van der Waals surface area contributed by atoms with Gasteiger partial charge in [-0.25, -0.2) is 0 Å². The predicted molar refractivity (Wildman–Crippen MR) is 59.0 cm³/mol. The SMILES string of the molecule is CC1CC1C(=O)Nc1ccc(O)c(Cl)c1. The van der Waals surface area contributed by atoms with E-state index in [0.29, 0.717) is 11.6 Å². The van der Waals surface area contributed by atoms with Crippen LogP contribution in [-0.2, 0) is 4.79 Å². The normalized spacial score (nSPS) is 23.6. The molecule has 0 spiro atoms. The lowest BCUT2D eigenvalue weighted by Crippen LogP contribution is -2.14. The summed E-state index contributed by atoms with van der Waals surface area (Å²) in [5.74, 6) is 0.675. The fraction of sp³-hybridized carbons (Fsp3) is 0.364. The number of phenolic OH excluding ortho intramolecular Hbond substituents is 1. The molecule has 80 valence electrons. The van der Waals surface area contributed by atoms with Gasteiger partial charge in [-0.3, -0.25) is 4.79 Å². The van der Waals surface area contributed by atoms with E-state index in [1.807, 2.05) is 6.92 Å². The van der Waals surface area contributed by atoms with Crippen molar-refractivity contribution in [2.24, 2.45) is 11.8 Å². The van der Waals surface area contributed by atoms with Crippen molar-refractivity contribution in [2.75, 3.05) is 5.32 Å². The van der Waals surface area contributed by atoms with Gasteiger partial charge in [0.1, 0.15) is 5.75 Å². The van der Waals surface area contributed by atoms with E-state index < -0.39 is 0 Å². The van der Waals surface area contributed by atoms with E-state index in [1.54, 1.807) is 12.1 Å². The standard InChI is InChI=1S/C11H12ClNO2/c1-6-4-8(6)11(15)13-7-2-3-10(14)9(12)5-7/h2-3,5-6,8,14H,4H2,1H3,(H,13,15). The molecular weight excluding hydrogens is 214 g/mol. The first-order valence-electron chi connectivity index (χ1n) is 4.87. The average Bonchev–Trinajstić information content (AvgIpc) is 2.89. The Morgan fingerprint density at radius 1 is 1.60 bits per heavy atom. The molecule has 1 aromatic rings. The Morgan fingerprint density at radius 2 is 2.27 bits per heavy atom. The summed E-state index contributed by atoms with van der Waals surface area (Å²) in [4.78, 5) is 11.6. The molecule has 3 nitrogen and oxygen atoms in total. The Labute approximate surface area is 93.1 Å². The van der Waals surface area contributed by atoms with Gasteiger partial charge < -0.3 is 10.4 Å². The maximum absolute atomic E-state index is 11.6. The Hall–Kier alpha value is -1.22. The number of carbonyl (C=O) groups excluding carboxylic acids is 1. The second kappa shape index (κ2) is 3.74. The largest absolute Gasteiger partial charge is 0.506 e. The number of benzene rings is 1. The first-order chi connectivity index (χ1) is 7.08. The number of nitrogens with one attached hydrogen (secondary N) is 1. The van der Waals surface area contributed by atoms with Gasteiger partial charge in [0.25, 0.3) is 0 Å². The van der Waals surface area contributed by atoms with Gasteiger partial charge in [-0.05, 0) is 30.5 Å². The quantitative estimate of drug-likeness (QED) is 0.761. The maximum Gasteiger partial charge on any atom is 0.227 e. The molecule has 15 heavy (non-hydrogen) atoms. The van der Waals surface area contributed by atoms with Crippen LogP contribution in [-0.4, -0.2) is 11.0 Å². The highest BCUT2D eigenvalue weighted by molar-refractivity contribution is 6.32. The summed E-state index contributed by atoms with van der Waals surface area (Å²) >= 11 is 5.72. The number of rotatable bonds is 2. The van der Waals surface area contributed by atoms with E-state index in [0.717, 1.165) is 6.42 Å². The number of phenols is 1. The molecule has 0 saturated heterocycles. The van der Waals surface area contributed by atoms with Gasteiger partial charge in [-0.2, -0.15) is 0 Å². The second-order valence-corrected chi connectivity index (χ2v) is 4.38. The molecule has 4 heteroatoms. The zero-order chi connectivity index (χ0) is 11.0. The molecule has 1 fully saturated rings. The van der Waals surface area contributed by atoms with Gasteiger partial charge in [0.2, 0.25) is 5.91 Å². The summed E-state index contributed by atoms with van der Waals surface area (Å²) < 4.78 is 0. The van der Waals surface area contributed by atoms with E-state index in [2.05, 4.69) is 5.32 Å². The lowest BCUT2D eigenvalue weighted by molar-refractivity contribution is -0.117. The van der Waals surface area contributed by atoms with Gasteiger partial charge in [0, 0.05) is 11.6 Å². The molecule has 1 aliphatic carbocycles. The van der Waals surface area contributed by atoms with Gasteiger partial charge in [-0.15, -0.1) is 0 Å². The van der Waals surface area contributed by atoms with Crippen LogP contribution in [0.5, 0.6) is 5.75 Å².